The van der Waals surface area contributed by atoms with E-state index in [1.807, 2.05) is 18.2 Å². The van der Waals surface area contributed by atoms with Crippen molar-refractivity contribution in [3.8, 4) is 17.2 Å². The van der Waals surface area contributed by atoms with E-state index in [4.69, 9.17) is 14.2 Å². The second-order valence-corrected chi connectivity index (χ2v) is 6.77. The van der Waals surface area contributed by atoms with Crippen LogP contribution in [0.25, 0.3) is 0 Å². The van der Waals surface area contributed by atoms with Crippen molar-refractivity contribution >= 4 is 22.4 Å². The third kappa shape index (κ3) is 4.38. The maximum atomic E-state index is 12.7. The molecule has 0 saturated carbocycles. The lowest BCUT2D eigenvalue weighted by Crippen LogP contribution is -2.13. The summed E-state index contributed by atoms with van der Waals surface area (Å²) in [5, 5.41) is 3.35. The predicted octanol–water partition coefficient (Wildman–Crippen LogP) is 4.01. The Morgan fingerprint density at radius 3 is 2.33 bits per heavy atom. The van der Waals surface area contributed by atoms with E-state index in [2.05, 4.69) is 22.4 Å². The van der Waals surface area contributed by atoms with Crippen molar-refractivity contribution in [1.82, 2.24) is 4.98 Å². The number of nitrogens with one attached hydrogen (secondary N) is 1. The number of benzene rings is 2. The molecule has 1 aromatic heterocycles. The highest BCUT2D eigenvalue weighted by Crippen LogP contribution is 2.35. The van der Waals surface area contributed by atoms with Gasteiger partial charge in [-0.25, -0.2) is 4.98 Å². The number of hydrogen-bond donors (Lipinski definition) is 1. The molecule has 1 heterocycles. The van der Waals surface area contributed by atoms with Crippen LogP contribution in [0.5, 0.6) is 17.2 Å². The summed E-state index contributed by atoms with van der Waals surface area (Å²) >= 11 is 1.44. The van der Waals surface area contributed by atoms with E-state index in [9.17, 15) is 4.79 Å². The molecule has 6 nitrogen and oxygen atoms in total. The van der Waals surface area contributed by atoms with Gasteiger partial charge in [0.1, 0.15) is 5.75 Å². The first kappa shape index (κ1) is 18.7. The maximum Gasteiger partial charge on any atom is 0.261 e. The van der Waals surface area contributed by atoms with Gasteiger partial charge in [0.25, 0.3) is 5.91 Å². The summed E-state index contributed by atoms with van der Waals surface area (Å²) in [6.07, 6.45) is 2.55. The molecule has 3 rings (SSSR count). The van der Waals surface area contributed by atoms with Gasteiger partial charge in [-0.3, -0.25) is 10.1 Å². The summed E-state index contributed by atoms with van der Waals surface area (Å²) in [4.78, 5) is 18.1. The molecule has 3 aromatic rings. The van der Waals surface area contributed by atoms with Crippen LogP contribution in [0, 0.1) is 0 Å². The van der Waals surface area contributed by atoms with Crippen LogP contribution in [0.15, 0.2) is 48.7 Å². The van der Waals surface area contributed by atoms with E-state index < -0.39 is 0 Å². The van der Waals surface area contributed by atoms with Crippen molar-refractivity contribution < 1.29 is 19.0 Å². The zero-order valence-electron chi connectivity index (χ0n) is 15.3. The fraction of sp³-hybridized carbons (Fsp3) is 0.200. The molecule has 0 aliphatic rings. The molecule has 1 N–H and O–H groups in total. The quantitative estimate of drug-likeness (QED) is 0.666. The Kier molecular flexibility index (Phi) is 5.93. The number of ether oxygens (including phenoxy) is 3. The monoisotopic (exact) mass is 384 g/mol. The molecule has 0 radical (unpaired) electrons. The fourth-order valence-electron chi connectivity index (χ4n) is 2.62. The summed E-state index contributed by atoms with van der Waals surface area (Å²) in [6.45, 7) is 0. The van der Waals surface area contributed by atoms with Crippen LogP contribution < -0.4 is 19.5 Å². The Labute approximate surface area is 161 Å². The van der Waals surface area contributed by atoms with Gasteiger partial charge < -0.3 is 14.2 Å². The number of nitrogens with zero attached hydrogens (tertiary/aromatic N) is 1. The van der Waals surface area contributed by atoms with Gasteiger partial charge in [-0.05, 0) is 5.56 Å². The highest BCUT2D eigenvalue weighted by atomic mass is 32.1. The molecule has 0 atom stereocenters. The molecule has 2 aromatic carbocycles. The number of methoxy groups -OCH3 is 3. The Balaban J connectivity index is 1.77. The van der Waals surface area contributed by atoms with Crippen LogP contribution in [0.4, 0.5) is 5.13 Å². The molecule has 0 aliphatic carbocycles. The van der Waals surface area contributed by atoms with Gasteiger partial charge >= 0.3 is 0 Å². The van der Waals surface area contributed by atoms with Crippen molar-refractivity contribution in [3.63, 3.8) is 0 Å². The maximum absolute atomic E-state index is 12.7. The Morgan fingerprint density at radius 2 is 1.67 bits per heavy atom. The molecule has 0 aliphatic heterocycles. The third-order valence-corrected chi connectivity index (χ3v) is 4.86. The van der Waals surface area contributed by atoms with Crippen LogP contribution >= 0.6 is 11.3 Å². The number of anilines is 1. The van der Waals surface area contributed by atoms with Crippen molar-refractivity contribution in [1.29, 1.82) is 0 Å². The molecule has 7 heteroatoms. The molecular formula is C20H20N2O4S. The summed E-state index contributed by atoms with van der Waals surface area (Å²) in [6, 6.07) is 13.3. The predicted molar refractivity (Wildman–Crippen MR) is 105 cm³/mol. The van der Waals surface area contributed by atoms with Gasteiger partial charge in [0, 0.05) is 29.6 Å². The number of thiazole rings is 1. The lowest BCUT2D eigenvalue weighted by Gasteiger charge is -2.13. The van der Waals surface area contributed by atoms with E-state index in [-0.39, 0.29) is 5.91 Å². The number of carbonyl (C=O) groups excluding carboxylic acids is 1. The normalized spacial score (nSPS) is 10.3. The van der Waals surface area contributed by atoms with Gasteiger partial charge in [-0.2, -0.15) is 0 Å². The van der Waals surface area contributed by atoms with Crippen molar-refractivity contribution in [2.24, 2.45) is 0 Å². The molecular weight excluding hydrogens is 364 g/mol. The van der Waals surface area contributed by atoms with Gasteiger partial charge in [-0.1, -0.05) is 30.3 Å². The smallest absolute Gasteiger partial charge is 0.261 e. The average Bonchev–Trinajstić information content (AvgIpc) is 3.14. The van der Waals surface area contributed by atoms with Crippen LogP contribution in [0.3, 0.4) is 0 Å². The van der Waals surface area contributed by atoms with Crippen LogP contribution in [-0.4, -0.2) is 32.2 Å². The fourth-order valence-corrected chi connectivity index (χ4v) is 3.46. The second kappa shape index (κ2) is 8.55. The van der Waals surface area contributed by atoms with Crippen LogP contribution in [-0.2, 0) is 6.42 Å². The van der Waals surface area contributed by atoms with Crippen LogP contribution in [0.1, 0.15) is 20.8 Å². The summed E-state index contributed by atoms with van der Waals surface area (Å²) < 4.78 is 15.8. The topological polar surface area (TPSA) is 69.7 Å². The van der Waals surface area contributed by atoms with Gasteiger partial charge in [0.05, 0.1) is 26.9 Å². The standard InChI is InChI=1S/C20H20N2O4S/c1-24-16-11-18(26-3)17(25-2)10-15(16)19(23)22-20-21-12-14(27-20)9-13-7-5-4-6-8-13/h4-8,10-12H,9H2,1-3H3,(H,21,22,23). The summed E-state index contributed by atoms with van der Waals surface area (Å²) in [7, 11) is 4.54. The van der Waals surface area contributed by atoms with Gasteiger partial charge in [0.2, 0.25) is 0 Å². The Hall–Kier alpha value is -3.06. The Bertz CT molecular complexity index is 925. The first-order chi connectivity index (χ1) is 13.1. The highest BCUT2D eigenvalue weighted by Gasteiger charge is 2.19. The zero-order valence-corrected chi connectivity index (χ0v) is 16.1. The summed E-state index contributed by atoms with van der Waals surface area (Å²) in [5.41, 5.74) is 1.54. The second-order valence-electron chi connectivity index (χ2n) is 5.66. The molecule has 0 fully saturated rings. The van der Waals surface area contributed by atoms with Crippen LogP contribution in [0.2, 0.25) is 0 Å². The number of rotatable bonds is 7. The van der Waals surface area contributed by atoms with Crippen molar-refractivity contribution in [2.45, 2.75) is 6.42 Å². The SMILES string of the molecule is COc1cc(OC)c(C(=O)Nc2ncc(Cc3ccccc3)s2)cc1OC. The molecule has 27 heavy (non-hydrogen) atoms. The lowest BCUT2D eigenvalue weighted by molar-refractivity contribution is 0.102. The lowest BCUT2D eigenvalue weighted by atomic mass is 10.1. The minimum atomic E-state index is -0.326. The van der Waals surface area contributed by atoms with E-state index in [1.165, 1.54) is 38.2 Å². The third-order valence-electron chi connectivity index (χ3n) is 3.95. The molecule has 140 valence electrons. The van der Waals surface area contributed by atoms with E-state index in [0.29, 0.717) is 27.9 Å². The Morgan fingerprint density at radius 1 is 1.00 bits per heavy atom. The molecule has 0 spiro atoms. The molecule has 0 bridgehead atoms. The van der Waals surface area contributed by atoms with E-state index in [0.717, 1.165) is 11.3 Å². The summed E-state index contributed by atoms with van der Waals surface area (Å²) in [5.74, 6) is 1.01. The molecule has 0 saturated heterocycles. The number of hydrogen-bond acceptors (Lipinski definition) is 6. The largest absolute Gasteiger partial charge is 0.496 e. The average molecular weight is 384 g/mol. The first-order valence-electron chi connectivity index (χ1n) is 8.24. The van der Waals surface area contributed by atoms with Gasteiger partial charge in [-0.15, -0.1) is 11.3 Å². The highest BCUT2D eigenvalue weighted by molar-refractivity contribution is 7.15. The number of aromatic nitrogens is 1. The van der Waals surface area contributed by atoms with E-state index >= 15 is 0 Å². The van der Waals surface area contributed by atoms with Crippen molar-refractivity contribution in [2.75, 3.05) is 26.6 Å². The molecule has 0 unspecified atom stereocenters. The van der Waals surface area contributed by atoms with Crippen molar-refractivity contribution in [3.05, 3.63) is 64.7 Å². The minimum absolute atomic E-state index is 0.326. The zero-order chi connectivity index (χ0) is 19.2. The van der Waals surface area contributed by atoms with E-state index in [1.54, 1.807) is 18.3 Å². The minimum Gasteiger partial charge on any atom is -0.496 e. The number of carbonyl (C=O) groups is 1. The first-order valence-corrected chi connectivity index (χ1v) is 9.06. The number of amides is 1. The van der Waals surface area contributed by atoms with Gasteiger partial charge in [0.15, 0.2) is 16.6 Å². The molecule has 1 amide bonds.